The average molecular weight is 260 g/mol. The second-order valence-corrected chi connectivity index (χ2v) is 6.06. The summed E-state index contributed by atoms with van der Waals surface area (Å²) >= 11 is 1.74. The monoisotopic (exact) mass is 260 g/mol. The van der Waals surface area contributed by atoms with Crippen molar-refractivity contribution in [2.75, 3.05) is 0 Å². The minimum absolute atomic E-state index is 0.0796. The molecule has 1 heterocycles. The number of aryl methyl sites for hydroxylation is 3. The van der Waals surface area contributed by atoms with Crippen LogP contribution in [0, 0.1) is 20.8 Å². The summed E-state index contributed by atoms with van der Waals surface area (Å²) in [4.78, 5) is 5.82. The maximum absolute atomic E-state index is 5.94. The van der Waals surface area contributed by atoms with Gasteiger partial charge >= 0.3 is 0 Å². The van der Waals surface area contributed by atoms with Crippen molar-refractivity contribution >= 4 is 11.3 Å². The number of nitrogens with zero attached hydrogens (tertiary/aromatic N) is 1. The van der Waals surface area contributed by atoms with Gasteiger partial charge in [-0.1, -0.05) is 18.2 Å². The van der Waals surface area contributed by atoms with Crippen LogP contribution in [-0.2, 0) is 6.42 Å². The van der Waals surface area contributed by atoms with Crippen molar-refractivity contribution in [2.45, 2.75) is 40.2 Å². The second kappa shape index (κ2) is 5.21. The van der Waals surface area contributed by atoms with Crippen molar-refractivity contribution in [2.24, 2.45) is 5.73 Å². The van der Waals surface area contributed by atoms with Gasteiger partial charge in [-0.05, 0) is 44.4 Å². The second-order valence-electron chi connectivity index (χ2n) is 4.94. The lowest BCUT2D eigenvalue weighted by atomic mass is 10.0. The molecule has 2 N–H and O–H groups in total. The Balaban J connectivity index is 2.23. The van der Waals surface area contributed by atoms with Gasteiger partial charge in [0, 0.05) is 17.3 Å². The molecular weight excluding hydrogens is 240 g/mol. The number of thiazole rings is 1. The largest absolute Gasteiger partial charge is 0.323 e. The Bertz CT molecular complexity index is 556. The Kier molecular flexibility index (Phi) is 3.83. The number of benzene rings is 1. The van der Waals surface area contributed by atoms with E-state index in [1.54, 1.807) is 11.3 Å². The van der Waals surface area contributed by atoms with Crippen molar-refractivity contribution in [1.82, 2.24) is 4.98 Å². The summed E-state index contributed by atoms with van der Waals surface area (Å²) in [5, 5.41) is 1.16. The first kappa shape index (κ1) is 13.2. The fourth-order valence-corrected chi connectivity index (χ4v) is 3.11. The van der Waals surface area contributed by atoms with Crippen LogP contribution in [-0.4, -0.2) is 4.98 Å². The van der Waals surface area contributed by atoms with Crippen LogP contribution in [0.2, 0.25) is 0 Å². The molecule has 0 aliphatic carbocycles. The van der Waals surface area contributed by atoms with Crippen LogP contribution in [0.4, 0.5) is 0 Å². The zero-order valence-electron chi connectivity index (χ0n) is 11.4. The van der Waals surface area contributed by atoms with E-state index in [0.717, 1.165) is 17.1 Å². The number of aromatic nitrogens is 1. The van der Waals surface area contributed by atoms with E-state index in [4.69, 9.17) is 5.73 Å². The molecule has 1 atom stereocenters. The van der Waals surface area contributed by atoms with Gasteiger partial charge in [-0.15, -0.1) is 11.3 Å². The van der Waals surface area contributed by atoms with Crippen molar-refractivity contribution in [3.05, 3.63) is 50.5 Å². The molecule has 2 rings (SSSR count). The molecule has 0 aliphatic rings. The molecule has 0 saturated carbocycles. The van der Waals surface area contributed by atoms with E-state index in [-0.39, 0.29) is 6.04 Å². The van der Waals surface area contributed by atoms with Crippen molar-refractivity contribution in [3.8, 4) is 0 Å². The van der Waals surface area contributed by atoms with E-state index in [2.05, 4.69) is 37.0 Å². The number of nitrogens with two attached hydrogens (primary N) is 1. The molecule has 1 aromatic carbocycles. The van der Waals surface area contributed by atoms with Crippen LogP contribution in [0.3, 0.4) is 0 Å². The Morgan fingerprint density at radius 3 is 2.50 bits per heavy atom. The third kappa shape index (κ3) is 2.79. The third-order valence-corrected chi connectivity index (χ3v) is 4.58. The van der Waals surface area contributed by atoms with E-state index in [1.165, 1.54) is 21.6 Å². The Labute approximate surface area is 113 Å². The summed E-state index contributed by atoms with van der Waals surface area (Å²) in [6.45, 7) is 8.35. The molecule has 2 nitrogen and oxygen atoms in total. The van der Waals surface area contributed by atoms with Gasteiger partial charge in [0.1, 0.15) is 0 Å². The predicted molar refractivity (Wildman–Crippen MR) is 78.2 cm³/mol. The minimum Gasteiger partial charge on any atom is -0.323 e. The maximum atomic E-state index is 5.94. The minimum atomic E-state index is 0.0796. The van der Waals surface area contributed by atoms with Crippen LogP contribution in [0.5, 0.6) is 0 Å². The molecule has 0 saturated heterocycles. The lowest BCUT2D eigenvalue weighted by Crippen LogP contribution is -2.03. The zero-order valence-corrected chi connectivity index (χ0v) is 12.3. The first-order valence-corrected chi connectivity index (χ1v) is 7.07. The molecule has 96 valence electrons. The van der Waals surface area contributed by atoms with Crippen molar-refractivity contribution in [3.63, 3.8) is 0 Å². The number of rotatable bonds is 3. The van der Waals surface area contributed by atoms with Gasteiger partial charge in [0.15, 0.2) is 0 Å². The molecule has 0 spiro atoms. The molecule has 1 aromatic heterocycles. The van der Waals surface area contributed by atoms with Crippen LogP contribution < -0.4 is 5.73 Å². The maximum Gasteiger partial charge on any atom is 0.0975 e. The molecule has 0 fully saturated rings. The summed E-state index contributed by atoms with van der Waals surface area (Å²) in [7, 11) is 0. The van der Waals surface area contributed by atoms with Gasteiger partial charge in [-0.25, -0.2) is 4.98 Å². The standard InChI is InChI=1S/C15H20N2S/c1-9-5-6-13(7-10(9)2)8-14-17-12(4)15(18-14)11(3)16/h5-7,11H,8,16H2,1-4H3. The summed E-state index contributed by atoms with van der Waals surface area (Å²) in [5.41, 5.74) is 11.0. The normalized spacial score (nSPS) is 12.7. The van der Waals surface area contributed by atoms with Crippen molar-refractivity contribution in [1.29, 1.82) is 0 Å². The highest BCUT2D eigenvalue weighted by atomic mass is 32.1. The number of hydrogen-bond donors (Lipinski definition) is 1. The van der Waals surface area contributed by atoms with Gasteiger partial charge in [0.2, 0.25) is 0 Å². The molecule has 18 heavy (non-hydrogen) atoms. The van der Waals surface area contributed by atoms with Crippen LogP contribution in [0.15, 0.2) is 18.2 Å². The third-order valence-electron chi connectivity index (χ3n) is 3.22. The van der Waals surface area contributed by atoms with E-state index in [9.17, 15) is 0 Å². The van der Waals surface area contributed by atoms with Gasteiger partial charge < -0.3 is 5.73 Å². The van der Waals surface area contributed by atoms with Crippen LogP contribution in [0.25, 0.3) is 0 Å². The van der Waals surface area contributed by atoms with Gasteiger partial charge in [0.05, 0.1) is 10.7 Å². The Hall–Kier alpha value is -1.19. The summed E-state index contributed by atoms with van der Waals surface area (Å²) in [5.74, 6) is 0. The molecule has 1 unspecified atom stereocenters. The smallest absolute Gasteiger partial charge is 0.0975 e. The van der Waals surface area contributed by atoms with Crippen molar-refractivity contribution < 1.29 is 0 Å². The molecule has 0 bridgehead atoms. The first-order valence-electron chi connectivity index (χ1n) is 6.25. The molecular formula is C15H20N2S. The highest BCUT2D eigenvalue weighted by molar-refractivity contribution is 7.11. The average Bonchev–Trinajstić information content (AvgIpc) is 2.65. The summed E-state index contributed by atoms with van der Waals surface area (Å²) < 4.78 is 0. The topological polar surface area (TPSA) is 38.9 Å². The molecule has 0 amide bonds. The molecule has 0 aliphatic heterocycles. The van der Waals surface area contributed by atoms with Crippen LogP contribution in [0.1, 0.15) is 45.2 Å². The van der Waals surface area contributed by atoms with E-state index in [0.29, 0.717) is 0 Å². The number of hydrogen-bond acceptors (Lipinski definition) is 3. The summed E-state index contributed by atoms with van der Waals surface area (Å²) in [6, 6.07) is 6.69. The fourth-order valence-electron chi connectivity index (χ4n) is 2.05. The molecule has 3 heteroatoms. The van der Waals surface area contributed by atoms with Gasteiger partial charge in [-0.3, -0.25) is 0 Å². The first-order chi connectivity index (χ1) is 8.47. The zero-order chi connectivity index (χ0) is 13.3. The lowest BCUT2D eigenvalue weighted by Gasteiger charge is -2.03. The highest BCUT2D eigenvalue weighted by Gasteiger charge is 2.11. The highest BCUT2D eigenvalue weighted by Crippen LogP contribution is 2.25. The van der Waals surface area contributed by atoms with E-state index < -0.39 is 0 Å². The predicted octanol–water partition coefficient (Wildman–Crippen LogP) is 3.68. The Morgan fingerprint density at radius 1 is 1.22 bits per heavy atom. The summed E-state index contributed by atoms with van der Waals surface area (Å²) in [6.07, 6.45) is 0.902. The molecule has 0 radical (unpaired) electrons. The molecule has 2 aromatic rings. The fraction of sp³-hybridized carbons (Fsp3) is 0.400. The lowest BCUT2D eigenvalue weighted by molar-refractivity contribution is 0.825. The Morgan fingerprint density at radius 2 is 1.94 bits per heavy atom. The SMILES string of the molecule is Cc1ccc(Cc2nc(C)c(C(C)N)s2)cc1C. The van der Waals surface area contributed by atoms with Crippen LogP contribution >= 0.6 is 11.3 Å². The van der Waals surface area contributed by atoms with Gasteiger partial charge in [-0.2, -0.15) is 0 Å². The van der Waals surface area contributed by atoms with Gasteiger partial charge in [0.25, 0.3) is 0 Å². The van der Waals surface area contributed by atoms with E-state index >= 15 is 0 Å². The quantitative estimate of drug-likeness (QED) is 0.914. The van der Waals surface area contributed by atoms with E-state index in [1.807, 2.05) is 13.8 Å².